The molecule has 2 rings (SSSR count). The molecule has 16 heavy (non-hydrogen) atoms. The third-order valence-corrected chi connectivity index (χ3v) is 3.00. The number of aromatic carboxylic acids is 1. The Labute approximate surface area is 94.0 Å². The van der Waals surface area contributed by atoms with Gasteiger partial charge in [-0.3, -0.25) is 0 Å². The second-order valence-electron chi connectivity index (χ2n) is 4.13. The summed E-state index contributed by atoms with van der Waals surface area (Å²) in [5.74, 6) is -0.536. The van der Waals surface area contributed by atoms with Gasteiger partial charge in [-0.15, -0.1) is 0 Å². The highest BCUT2D eigenvalue weighted by atomic mass is 16.4. The van der Waals surface area contributed by atoms with Crippen LogP contribution in [0, 0.1) is 0 Å². The predicted octanol–water partition coefficient (Wildman–Crippen LogP) is 1.48. The van der Waals surface area contributed by atoms with Crippen molar-refractivity contribution in [3.63, 3.8) is 0 Å². The number of furan rings is 1. The summed E-state index contributed by atoms with van der Waals surface area (Å²) in [6, 6.07) is 3.62. The van der Waals surface area contributed by atoms with E-state index in [1.54, 1.807) is 6.07 Å². The van der Waals surface area contributed by atoms with Gasteiger partial charge in [0.15, 0.2) is 5.88 Å². The van der Waals surface area contributed by atoms with E-state index in [9.17, 15) is 4.79 Å². The Balaban J connectivity index is 1.87. The maximum Gasteiger partial charge on any atom is 0.371 e. The van der Waals surface area contributed by atoms with Gasteiger partial charge in [-0.25, -0.2) is 4.79 Å². The second-order valence-corrected chi connectivity index (χ2v) is 4.13. The Bertz CT molecular complexity index is 375. The standard InChI is InChI=1S/C11H16N2O3/c1-13-6-2-3-8(13)7-12-10-5-4-9(16-10)11(14)15/h4-5,8,12H,2-3,6-7H2,1H3,(H,14,15). The van der Waals surface area contributed by atoms with E-state index in [1.165, 1.54) is 18.9 Å². The highest BCUT2D eigenvalue weighted by Crippen LogP contribution is 2.17. The van der Waals surface area contributed by atoms with Crippen molar-refractivity contribution in [3.05, 3.63) is 17.9 Å². The Morgan fingerprint density at radius 2 is 2.50 bits per heavy atom. The van der Waals surface area contributed by atoms with Gasteiger partial charge in [0.2, 0.25) is 5.76 Å². The number of carboxylic acid groups (broad SMARTS) is 1. The first-order chi connectivity index (χ1) is 7.66. The van der Waals surface area contributed by atoms with Crippen LogP contribution in [0.5, 0.6) is 0 Å². The topological polar surface area (TPSA) is 65.7 Å². The Morgan fingerprint density at radius 1 is 1.69 bits per heavy atom. The largest absolute Gasteiger partial charge is 0.475 e. The van der Waals surface area contributed by atoms with Crippen molar-refractivity contribution < 1.29 is 14.3 Å². The lowest BCUT2D eigenvalue weighted by atomic mass is 10.2. The maximum absolute atomic E-state index is 10.6. The van der Waals surface area contributed by atoms with E-state index in [0.29, 0.717) is 11.9 Å². The van der Waals surface area contributed by atoms with Crippen LogP contribution in [0.15, 0.2) is 16.5 Å². The smallest absolute Gasteiger partial charge is 0.371 e. The molecule has 5 nitrogen and oxygen atoms in total. The molecule has 1 saturated heterocycles. The zero-order valence-corrected chi connectivity index (χ0v) is 9.27. The summed E-state index contributed by atoms with van der Waals surface area (Å²) in [7, 11) is 2.10. The number of anilines is 1. The third-order valence-electron chi connectivity index (χ3n) is 3.00. The first-order valence-electron chi connectivity index (χ1n) is 5.44. The van der Waals surface area contributed by atoms with Crippen LogP contribution in [0.1, 0.15) is 23.4 Å². The highest BCUT2D eigenvalue weighted by molar-refractivity contribution is 5.84. The molecule has 0 bridgehead atoms. The molecule has 1 aromatic heterocycles. The number of carbonyl (C=O) groups is 1. The van der Waals surface area contributed by atoms with Crippen LogP contribution in [0.2, 0.25) is 0 Å². The van der Waals surface area contributed by atoms with Gasteiger partial charge in [0.25, 0.3) is 0 Å². The molecule has 0 aliphatic carbocycles. The number of likely N-dealkylation sites (tertiary alicyclic amines) is 1. The van der Waals surface area contributed by atoms with Crippen LogP contribution >= 0.6 is 0 Å². The van der Waals surface area contributed by atoms with E-state index in [1.807, 2.05) is 0 Å². The fraction of sp³-hybridized carbons (Fsp3) is 0.545. The van der Waals surface area contributed by atoms with E-state index in [-0.39, 0.29) is 5.76 Å². The van der Waals surface area contributed by atoms with E-state index < -0.39 is 5.97 Å². The molecular weight excluding hydrogens is 208 g/mol. The summed E-state index contributed by atoms with van der Waals surface area (Å²) in [5.41, 5.74) is 0. The fourth-order valence-corrected chi connectivity index (χ4v) is 2.00. The van der Waals surface area contributed by atoms with Crippen molar-refractivity contribution in [2.75, 3.05) is 25.5 Å². The van der Waals surface area contributed by atoms with Crippen molar-refractivity contribution in [2.45, 2.75) is 18.9 Å². The average Bonchev–Trinajstić information content (AvgIpc) is 2.83. The molecule has 1 aliphatic heterocycles. The number of hydrogen-bond donors (Lipinski definition) is 2. The van der Waals surface area contributed by atoms with Gasteiger partial charge in [-0.05, 0) is 32.5 Å². The van der Waals surface area contributed by atoms with Gasteiger partial charge in [0.1, 0.15) is 0 Å². The summed E-state index contributed by atoms with van der Waals surface area (Å²) in [6.07, 6.45) is 2.40. The van der Waals surface area contributed by atoms with Gasteiger partial charge in [-0.2, -0.15) is 0 Å². The van der Waals surface area contributed by atoms with E-state index in [4.69, 9.17) is 9.52 Å². The highest BCUT2D eigenvalue weighted by Gasteiger charge is 2.20. The zero-order valence-electron chi connectivity index (χ0n) is 9.27. The lowest BCUT2D eigenvalue weighted by molar-refractivity contribution is 0.0663. The minimum atomic E-state index is -1.04. The molecule has 2 heterocycles. The predicted molar refractivity (Wildman–Crippen MR) is 59.8 cm³/mol. The normalized spacial score (nSPS) is 21.2. The van der Waals surface area contributed by atoms with Crippen molar-refractivity contribution >= 4 is 11.9 Å². The maximum atomic E-state index is 10.6. The molecule has 5 heteroatoms. The molecule has 0 spiro atoms. The van der Waals surface area contributed by atoms with Gasteiger partial charge < -0.3 is 19.7 Å². The Morgan fingerprint density at radius 3 is 3.06 bits per heavy atom. The molecule has 2 N–H and O–H groups in total. The summed E-state index contributed by atoms with van der Waals surface area (Å²) in [6.45, 7) is 1.92. The molecule has 1 aliphatic rings. The monoisotopic (exact) mass is 224 g/mol. The molecule has 0 saturated carbocycles. The summed E-state index contributed by atoms with van der Waals surface area (Å²) in [5, 5.41) is 11.8. The van der Waals surface area contributed by atoms with Crippen LogP contribution in [0.25, 0.3) is 0 Å². The molecule has 1 aromatic rings. The number of nitrogens with one attached hydrogen (secondary N) is 1. The molecule has 88 valence electrons. The van der Waals surface area contributed by atoms with Crippen LogP contribution in [-0.4, -0.2) is 42.2 Å². The van der Waals surface area contributed by atoms with Crippen molar-refractivity contribution in [1.29, 1.82) is 0 Å². The fourth-order valence-electron chi connectivity index (χ4n) is 2.00. The average molecular weight is 224 g/mol. The third kappa shape index (κ3) is 2.36. The van der Waals surface area contributed by atoms with E-state index >= 15 is 0 Å². The van der Waals surface area contributed by atoms with Crippen molar-refractivity contribution in [3.8, 4) is 0 Å². The molecule has 0 aromatic carbocycles. The first-order valence-corrected chi connectivity index (χ1v) is 5.44. The number of hydrogen-bond acceptors (Lipinski definition) is 4. The molecule has 1 fully saturated rings. The number of nitrogens with zero attached hydrogens (tertiary/aromatic N) is 1. The van der Waals surface area contributed by atoms with E-state index in [0.717, 1.165) is 13.1 Å². The number of rotatable bonds is 4. The molecule has 1 unspecified atom stereocenters. The molecular formula is C11H16N2O3. The molecule has 1 atom stereocenters. The summed E-state index contributed by atoms with van der Waals surface area (Å²) in [4.78, 5) is 12.9. The lowest BCUT2D eigenvalue weighted by Gasteiger charge is -2.19. The molecule has 0 radical (unpaired) electrons. The quantitative estimate of drug-likeness (QED) is 0.811. The zero-order chi connectivity index (χ0) is 11.5. The van der Waals surface area contributed by atoms with Crippen LogP contribution in [-0.2, 0) is 0 Å². The van der Waals surface area contributed by atoms with Gasteiger partial charge in [0, 0.05) is 18.7 Å². The van der Waals surface area contributed by atoms with E-state index in [2.05, 4.69) is 17.3 Å². The Kier molecular flexibility index (Phi) is 3.14. The minimum Gasteiger partial charge on any atom is -0.475 e. The number of likely N-dealkylation sites (N-methyl/N-ethyl adjacent to an activating group) is 1. The van der Waals surface area contributed by atoms with Crippen molar-refractivity contribution in [2.24, 2.45) is 0 Å². The van der Waals surface area contributed by atoms with Crippen LogP contribution in [0.4, 0.5) is 5.88 Å². The first kappa shape index (κ1) is 11.0. The van der Waals surface area contributed by atoms with Crippen molar-refractivity contribution in [1.82, 2.24) is 4.90 Å². The number of carboxylic acids is 1. The second kappa shape index (κ2) is 4.57. The van der Waals surface area contributed by atoms with Gasteiger partial charge in [0.05, 0.1) is 0 Å². The van der Waals surface area contributed by atoms with Crippen LogP contribution in [0.3, 0.4) is 0 Å². The summed E-state index contributed by atoms with van der Waals surface area (Å²) < 4.78 is 5.11. The van der Waals surface area contributed by atoms with Gasteiger partial charge >= 0.3 is 5.97 Å². The lowest BCUT2D eigenvalue weighted by Crippen LogP contribution is -2.31. The SMILES string of the molecule is CN1CCCC1CNc1ccc(C(=O)O)o1. The van der Waals surface area contributed by atoms with Crippen LogP contribution < -0.4 is 5.32 Å². The summed E-state index contributed by atoms with van der Waals surface area (Å²) >= 11 is 0. The van der Waals surface area contributed by atoms with Gasteiger partial charge in [-0.1, -0.05) is 0 Å². The Hall–Kier alpha value is -1.49. The molecule has 0 amide bonds. The minimum absolute atomic E-state index is 0.0257.